The molecular formula is C17H20N4O3. The summed E-state index contributed by atoms with van der Waals surface area (Å²) < 4.78 is 1.80. The van der Waals surface area contributed by atoms with Crippen LogP contribution in [0, 0.1) is 24.0 Å². The van der Waals surface area contributed by atoms with Gasteiger partial charge in [-0.2, -0.15) is 5.10 Å². The lowest BCUT2D eigenvalue weighted by Gasteiger charge is -2.15. The fraction of sp³-hybridized carbons (Fsp3) is 0.294. The third kappa shape index (κ3) is 3.87. The number of nitrogens with zero attached hydrogens (tertiary/aromatic N) is 4. The number of amides is 1. The highest BCUT2D eigenvalue weighted by Gasteiger charge is 2.13. The molecule has 1 aromatic carbocycles. The van der Waals surface area contributed by atoms with Crippen molar-refractivity contribution in [1.82, 2.24) is 14.7 Å². The van der Waals surface area contributed by atoms with Crippen molar-refractivity contribution in [2.24, 2.45) is 7.05 Å². The number of rotatable bonds is 5. The van der Waals surface area contributed by atoms with Gasteiger partial charge in [-0.3, -0.25) is 19.6 Å². The van der Waals surface area contributed by atoms with Gasteiger partial charge in [-0.25, -0.2) is 0 Å². The van der Waals surface area contributed by atoms with Crippen molar-refractivity contribution in [2.75, 3.05) is 7.05 Å². The average molecular weight is 328 g/mol. The molecule has 1 amide bonds. The molecule has 0 radical (unpaired) electrons. The van der Waals surface area contributed by atoms with Crippen LogP contribution in [-0.2, 0) is 18.4 Å². The number of non-ortho nitro benzene ring substituents is 1. The molecule has 0 unspecified atom stereocenters. The first-order valence-corrected chi connectivity index (χ1v) is 7.46. The molecule has 0 fully saturated rings. The number of nitro benzene ring substituents is 1. The quantitative estimate of drug-likeness (QED) is 0.480. The van der Waals surface area contributed by atoms with Gasteiger partial charge in [-0.1, -0.05) is 0 Å². The monoisotopic (exact) mass is 328 g/mol. The Balaban J connectivity index is 2.04. The molecule has 0 spiro atoms. The predicted octanol–water partition coefficient (Wildman–Crippen LogP) is 2.62. The first kappa shape index (κ1) is 17.4. The second-order valence-corrected chi connectivity index (χ2v) is 5.65. The van der Waals surface area contributed by atoms with Gasteiger partial charge in [0, 0.05) is 50.1 Å². The number of carbonyl (C=O) groups excluding carboxylic acids is 1. The lowest BCUT2D eigenvalue weighted by molar-refractivity contribution is -0.384. The van der Waals surface area contributed by atoms with Crippen LogP contribution in [0.2, 0.25) is 0 Å². The van der Waals surface area contributed by atoms with Crippen molar-refractivity contribution in [2.45, 2.75) is 20.4 Å². The third-order valence-electron chi connectivity index (χ3n) is 3.95. The van der Waals surface area contributed by atoms with Crippen molar-refractivity contribution < 1.29 is 9.72 Å². The van der Waals surface area contributed by atoms with Gasteiger partial charge in [-0.05, 0) is 37.6 Å². The summed E-state index contributed by atoms with van der Waals surface area (Å²) in [4.78, 5) is 24.0. The SMILES string of the molecule is Cc1nn(C)c(C)c1CN(C)C(=O)C=Cc1ccc([N+](=O)[O-])cc1. The molecule has 0 aliphatic heterocycles. The lowest BCUT2D eigenvalue weighted by atomic mass is 10.1. The second-order valence-electron chi connectivity index (χ2n) is 5.65. The van der Waals surface area contributed by atoms with Gasteiger partial charge in [-0.15, -0.1) is 0 Å². The zero-order chi connectivity index (χ0) is 17.9. The molecule has 0 N–H and O–H groups in total. The Labute approximate surface area is 140 Å². The Morgan fingerprint density at radius 2 is 1.96 bits per heavy atom. The van der Waals surface area contributed by atoms with Gasteiger partial charge in [0.2, 0.25) is 5.91 Å². The van der Waals surface area contributed by atoms with E-state index in [0.29, 0.717) is 6.54 Å². The maximum Gasteiger partial charge on any atom is 0.269 e. The van der Waals surface area contributed by atoms with Crippen LogP contribution in [0.25, 0.3) is 6.08 Å². The summed E-state index contributed by atoms with van der Waals surface area (Å²) in [5.41, 5.74) is 3.74. The Kier molecular flexibility index (Phi) is 5.13. The maximum absolute atomic E-state index is 12.2. The fourth-order valence-electron chi connectivity index (χ4n) is 2.36. The fourth-order valence-corrected chi connectivity index (χ4v) is 2.36. The van der Waals surface area contributed by atoms with E-state index in [2.05, 4.69) is 5.10 Å². The van der Waals surface area contributed by atoms with E-state index >= 15 is 0 Å². The van der Waals surface area contributed by atoms with E-state index in [1.165, 1.54) is 18.2 Å². The minimum Gasteiger partial charge on any atom is -0.338 e. The summed E-state index contributed by atoms with van der Waals surface area (Å²) in [6.45, 7) is 4.38. The minimum atomic E-state index is -0.453. The predicted molar refractivity (Wildman–Crippen MR) is 91.3 cm³/mol. The van der Waals surface area contributed by atoms with Gasteiger partial charge in [0.1, 0.15) is 0 Å². The van der Waals surface area contributed by atoms with Crippen LogP contribution in [0.5, 0.6) is 0 Å². The van der Waals surface area contributed by atoms with Crippen LogP contribution in [0.3, 0.4) is 0 Å². The highest BCUT2D eigenvalue weighted by molar-refractivity contribution is 5.91. The molecule has 1 aromatic heterocycles. The highest BCUT2D eigenvalue weighted by Crippen LogP contribution is 2.15. The molecule has 2 aromatic rings. The lowest BCUT2D eigenvalue weighted by Crippen LogP contribution is -2.24. The van der Waals surface area contributed by atoms with Crippen LogP contribution >= 0.6 is 0 Å². The molecule has 0 saturated carbocycles. The topological polar surface area (TPSA) is 81.3 Å². The molecular weight excluding hydrogens is 308 g/mol. The molecule has 7 heteroatoms. The number of carbonyl (C=O) groups is 1. The van der Waals surface area contributed by atoms with E-state index in [-0.39, 0.29) is 11.6 Å². The van der Waals surface area contributed by atoms with Crippen molar-refractivity contribution in [3.63, 3.8) is 0 Å². The van der Waals surface area contributed by atoms with Gasteiger partial charge < -0.3 is 4.90 Å². The number of aryl methyl sites for hydroxylation is 2. The van der Waals surface area contributed by atoms with Crippen LogP contribution in [-0.4, -0.2) is 32.6 Å². The van der Waals surface area contributed by atoms with Gasteiger partial charge in [0.05, 0.1) is 10.6 Å². The zero-order valence-corrected chi connectivity index (χ0v) is 14.2. The van der Waals surface area contributed by atoms with Crippen molar-refractivity contribution in [3.05, 3.63) is 63.0 Å². The molecule has 2 rings (SSSR count). The number of hydrogen-bond acceptors (Lipinski definition) is 4. The highest BCUT2D eigenvalue weighted by atomic mass is 16.6. The van der Waals surface area contributed by atoms with E-state index in [0.717, 1.165) is 22.5 Å². The molecule has 1 heterocycles. The number of benzene rings is 1. The molecule has 24 heavy (non-hydrogen) atoms. The standard InChI is InChI=1S/C17H20N4O3/c1-12-16(13(2)20(4)18-12)11-19(3)17(22)10-7-14-5-8-15(9-6-14)21(23)24/h5-10H,11H2,1-4H3. The summed E-state index contributed by atoms with van der Waals surface area (Å²) in [7, 11) is 3.61. The van der Waals surface area contributed by atoms with Crippen molar-refractivity contribution >= 4 is 17.7 Å². The normalized spacial score (nSPS) is 11.0. The van der Waals surface area contributed by atoms with Crippen LogP contribution in [0.15, 0.2) is 30.3 Å². The summed E-state index contributed by atoms with van der Waals surface area (Å²) in [5, 5.41) is 15.0. The summed E-state index contributed by atoms with van der Waals surface area (Å²) in [6, 6.07) is 6.04. The molecule has 7 nitrogen and oxygen atoms in total. The summed E-state index contributed by atoms with van der Waals surface area (Å²) >= 11 is 0. The van der Waals surface area contributed by atoms with E-state index in [1.54, 1.807) is 34.8 Å². The Morgan fingerprint density at radius 3 is 2.46 bits per heavy atom. The zero-order valence-electron chi connectivity index (χ0n) is 14.2. The maximum atomic E-state index is 12.2. The van der Waals surface area contributed by atoms with E-state index in [9.17, 15) is 14.9 Å². The molecule has 0 aliphatic carbocycles. The molecule has 126 valence electrons. The van der Waals surface area contributed by atoms with E-state index in [1.807, 2.05) is 20.9 Å². The van der Waals surface area contributed by atoms with Crippen molar-refractivity contribution in [1.29, 1.82) is 0 Å². The van der Waals surface area contributed by atoms with E-state index in [4.69, 9.17) is 0 Å². The molecule has 0 bridgehead atoms. The smallest absolute Gasteiger partial charge is 0.269 e. The van der Waals surface area contributed by atoms with Gasteiger partial charge in [0.15, 0.2) is 0 Å². The summed E-state index contributed by atoms with van der Waals surface area (Å²) in [6.07, 6.45) is 3.10. The first-order valence-electron chi connectivity index (χ1n) is 7.46. The number of aromatic nitrogens is 2. The second kappa shape index (κ2) is 7.08. The van der Waals surface area contributed by atoms with E-state index < -0.39 is 4.92 Å². The number of nitro groups is 1. The third-order valence-corrected chi connectivity index (χ3v) is 3.95. The number of hydrogen-bond donors (Lipinski definition) is 0. The number of likely N-dealkylation sites (N-methyl/N-ethyl adjacent to an activating group) is 1. The molecule has 0 saturated heterocycles. The largest absolute Gasteiger partial charge is 0.338 e. The summed E-state index contributed by atoms with van der Waals surface area (Å²) in [5.74, 6) is -0.143. The van der Waals surface area contributed by atoms with Gasteiger partial charge in [0.25, 0.3) is 5.69 Å². The van der Waals surface area contributed by atoms with Crippen LogP contribution in [0.4, 0.5) is 5.69 Å². The van der Waals surface area contributed by atoms with Crippen molar-refractivity contribution in [3.8, 4) is 0 Å². The van der Waals surface area contributed by atoms with Crippen LogP contribution < -0.4 is 0 Å². The molecule has 0 aliphatic rings. The molecule has 0 atom stereocenters. The average Bonchev–Trinajstić information content (AvgIpc) is 2.79. The Bertz CT molecular complexity index is 791. The Hall–Kier alpha value is -2.96. The first-order chi connectivity index (χ1) is 11.3. The minimum absolute atomic E-state index is 0.0260. The van der Waals surface area contributed by atoms with Crippen LogP contribution in [0.1, 0.15) is 22.5 Å². The van der Waals surface area contributed by atoms with Gasteiger partial charge >= 0.3 is 0 Å². The Morgan fingerprint density at radius 1 is 1.33 bits per heavy atom.